The number of nitrogen functional groups attached to an aromatic ring is 1. The Labute approximate surface area is 174 Å². The molecule has 0 saturated heterocycles. The van der Waals surface area contributed by atoms with Crippen molar-refractivity contribution in [2.24, 2.45) is 0 Å². The van der Waals surface area contributed by atoms with E-state index in [1.807, 2.05) is 36.4 Å². The number of anilines is 1. The highest BCUT2D eigenvalue weighted by molar-refractivity contribution is 8.14. The van der Waals surface area contributed by atoms with Crippen LogP contribution in [0.25, 0.3) is 21.5 Å². The van der Waals surface area contributed by atoms with E-state index in [9.17, 15) is 8.42 Å². The molecule has 0 atom stereocenters. The van der Waals surface area contributed by atoms with E-state index < -0.39 is 9.05 Å². The molecule has 0 aliphatic carbocycles. The molecule has 150 valence electrons. The number of hydrogen-bond donors (Lipinski definition) is 1. The molecule has 0 saturated carbocycles. The summed E-state index contributed by atoms with van der Waals surface area (Å²) in [6.07, 6.45) is 0. The lowest BCUT2D eigenvalue weighted by molar-refractivity contribution is 0.419. The van der Waals surface area contributed by atoms with Gasteiger partial charge in [-0.25, -0.2) is 8.42 Å². The van der Waals surface area contributed by atoms with Crippen LogP contribution in [-0.4, -0.2) is 22.6 Å². The highest BCUT2D eigenvalue weighted by Crippen LogP contribution is 2.31. The fraction of sp³-hybridized carbons (Fsp3) is 0.0909. The van der Waals surface area contributed by atoms with Gasteiger partial charge < -0.3 is 15.2 Å². The Morgan fingerprint density at radius 3 is 1.69 bits per heavy atom. The van der Waals surface area contributed by atoms with Crippen molar-refractivity contribution in [2.75, 3.05) is 20.0 Å². The van der Waals surface area contributed by atoms with Crippen LogP contribution in [0.1, 0.15) is 0 Å². The van der Waals surface area contributed by atoms with Crippen LogP contribution in [0, 0.1) is 0 Å². The van der Waals surface area contributed by atoms with Crippen molar-refractivity contribution in [3.63, 3.8) is 0 Å². The van der Waals surface area contributed by atoms with Gasteiger partial charge in [0.1, 0.15) is 11.5 Å². The minimum Gasteiger partial charge on any atom is -0.496 e. The molecule has 0 radical (unpaired) electrons. The maximum Gasteiger partial charge on any atom is 0.261 e. The standard InChI is InChI=1S/C11H9ClO3S.C11H11NO/c1-15-10-6-2-5-9-8(10)4-3-7-11(9)16(12,13)14;1-13-11-7-3-4-8-9(11)5-2-6-10(8)12/h2-7H,1H3;2-7H,12H2,1H3. The zero-order valence-corrected chi connectivity index (χ0v) is 17.5. The second kappa shape index (κ2) is 8.59. The third-order valence-corrected chi connectivity index (χ3v) is 5.84. The lowest BCUT2D eigenvalue weighted by Crippen LogP contribution is -1.93. The first-order valence-corrected chi connectivity index (χ1v) is 11.0. The van der Waals surface area contributed by atoms with E-state index >= 15 is 0 Å². The number of hydrogen-bond acceptors (Lipinski definition) is 5. The summed E-state index contributed by atoms with van der Waals surface area (Å²) in [6, 6.07) is 21.8. The Bertz CT molecular complexity index is 1270. The molecule has 4 aromatic carbocycles. The molecular formula is C22H20ClNO4S. The average molecular weight is 430 g/mol. The quantitative estimate of drug-likeness (QED) is 0.357. The molecule has 0 aliphatic rings. The van der Waals surface area contributed by atoms with Crippen molar-refractivity contribution in [2.45, 2.75) is 4.90 Å². The molecule has 2 N–H and O–H groups in total. The van der Waals surface area contributed by atoms with E-state index in [4.69, 9.17) is 25.9 Å². The maximum atomic E-state index is 11.4. The number of nitrogens with two attached hydrogens (primary N) is 1. The van der Waals surface area contributed by atoms with E-state index in [0.717, 1.165) is 27.6 Å². The average Bonchev–Trinajstić information content (AvgIpc) is 2.72. The summed E-state index contributed by atoms with van der Waals surface area (Å²) in [5.74, 6) is 1.49. The fourth-order valence-corrected chi connectivity index (χ4v) is 4.21. The van der Waals surface area contributed by atoms with E-state index in [2.05, 4.69) is 0 Å². The smallest absolute Gasteiger partial charge is 0.261 e. The van der Waals surface area contributed by atoms with Crippen LogP contribution < -0.4 is 15.2 Å². The Balaban J connectivity index is 0.000000169. The van der Waals surface area contributed by atoms with E-state index in [0.29, 0.717) is 11.1 Å². The summed E-state index contributed by atoms with van der Waals surface area (Å²) < 4.78 is 33.1. The molecular weight excluding hydrogens is 410 g/mol. The molecule has 0 aliphatic heterocycles. The first kappa shape index (κ1) is 20.8. The highest BCUT2D eigenvalue weighted by Gasteiger charge is 2.14. The van der Waals surface area contributed by atoms with Gasteiger partial charge in [0.05, 0.1) is 19.1 Å². The number of ether oxygens (including phenoxy) is 2. The van der Waals surface area contributed by atoms with Crippen LogP contribution in [-0.2, 0) is 9.05 Å². The molecule has 5 nitrogen and oxygen atoms in total. The maximum absolute atomic E-state index is 11.4. The molecule has 0 fully saturated rings. The number of fused-ring (bicyclic) bond motifs is 2. The van der Waals surface area contributed by atoms with Crippen LogP contribution in [0.3, 0.4) is 0 Å². The fourth-order valence-electron chi connectivity index (χ4n) is 3.13. The number of halogens is 1. The molecule has 0 spiro atoms. The van der Waals surface area contributed by atoms with Crippen molar-refractivity contribution in [1.82, 2.24) is 0 Å². The van der Waals surface area contributed by atoms with E-state index in [1.165, 1.54) is 13.2 Å². The van der Waals surface area contributed by atoms with Crippen LogP contribution >= 0.6 is 10.7 Å². The number of benzene rings is 4. The monoisotopic (exact) mass is 429 g/mol. The van der Waals surface area contributed by atoms with Gasteiger partial charge >= 0.3 is 0 Å². The molecule has 0 amide bonds. The van der Waals surface area contributed by atoms with Gasteiger partial charge in [-0.05, 0) is 24.3 Å². The highest BCUT2D eigenvalue weighted by atomic mass is 35.7. The lowest BCUT2D eigenvalue weighted by Gasteiger charge is -2.07. The second-order valence-corrected chi connectivity index (χ2v) is 8.69. The summed E-state index contributed by atoms with van der Waals surface area (Å²) >= 11 is 0. The van der Waals surface area contributed by atoms with Crippen LogP contribution in [0.15, 0.2) is 77.7 Å². The van der Waals surface area contributed by atoms with Gasteiger partial charge in [-0.1, -0.05) is 48.5 Å². The number of methoxy groups -OCH3 is 2. The largest absolute Gasteiger partial charge is 0.496 e. The van der Waals surface area contributed by atoms with Crippen LogP contribution in [0.5, 0.6) is 11.5 Å². The van der Waals surface area contributed by atoms with Gasteiger partial charge in [0, 0.05) is 37.9 Å². The van der Waals surface area contributed by atoms with Gasteiger partial charge in [0.15, 0.2) is 0 Å². The molecule has 7 heteroatoms. The molecule has 0 heterocycles. The Kier molecular flexibility index (Phi) is 6.15. The molecule has 0 bridgehead atoms. The molecule has 29 heavy (non-hydrogen) atoms. The molecule has 0 aromatic heterocycles. The Morgan fingerprint density at radius 2 is 1.14 bits per heavy atom. The lowest BCUT2D eigenvalue weighted by atomic mass is 10.1. The second-order valence-electron chi connectivity index (χ2n) is 6.15. The SMILES string of the molecule is COc1cccc2c(N)cccc12.COc1cccc2c(S(=O)(=O)Cl)cccc12. The minimum absolute atomic E-state index is 0.102. The minimum atomic E-state index is -3.74. The zero-order chi connectivity index (χ0) is 21.0. The topological polar surface area (TPSA) is 78.6 Å². The predicted octanol–water partition coefficient (Wildman–Crippen LogP) is 5.21. The van der Waals surface area contributed by atoms with Crippen LogP contribution in [0.2, 0.25) is 0 Å². The normalized spacial score (nSPS) is 11.0. The van der Waals surface area contributed by atoms with Crippen molar-refractivity contribution < 1.29 is 17.9 Å². The molecule has 4 rings (SSSR count). The van der Waals surface area contributed by atoms with Gasteiger partial charge in [-0.2, -0.15) is 0 Å². The summed E-state index contributed by atoms with van der Waals surface area (Å²) in [4.78, 5) is 0.102. The summed E-state index contributed by atoms with van der Waals surface area (Å²) in [6.45, 7) is 0. The Morgan fingerprint density at radius 1 is 0.690 bits per heavy atom. The zero-order valence-electron chi connectivity index (χ0n) is 15.9. The number of rotatable bonds is 3. The van der Waals surface area contributed by atoms with Gasteiger partial charge in [0.2, 0.25) is 0 Å². The third-order valence-electron chi connectivity index (χ3n) is 4.46. The first-order valence-electron chi connectivity index (χ1n) is 8.68. The summed E-state index contributed by atoms with van der Waals surface area (Å²) in [5.41, 5.74) is 6.61. The summed E-state index contributed by atoms with van der Waals surface area (Å²) in [7, 11) is 4.83. The van der Waals surface area contributed by atoms with E-state index in [1.54, 1.807) is 37.4 Å². The first-order chi connectivity index (χ1) is 13.9. The van der Waals surface area contributed by atoms with Gasteiger partial charge in [-0.3, -0.25) is 0 Å². The van der Waals surface area contributed by atoms with Crippen LogP contribution in [0.4, 0.5) is 5.69 Å². The molecule has 0 unspecified atom stereocenters. The summed E-state index contributed by atoms with van der Waals surface area (Å²) in [5, 5.41) is 3.40. The van der Waals surface area contributed by atoms with Crippen molar-refractivity contribution in [3.05, 3.63) is 72.8 Å². The Hall–Kier alpha value is -2.96. The predicted molar refractivity (Wildman–Crippen MR) is 118 cm³/mol. The van der Waals surface area contributed by atoms with Crippen molar-refractivity contribution in [3.8, 4) is 11.5 Å². The van der Waals surface area contributed by atoms with Crippen molar-refractivity contribution >= 4 is 47.0 Å². The van der Waals surface area contributed by atoms with Gasteiger partial charge in [0.25, 0.3) is 9.05 Å². The third kappa shape index (κ3) is 4.39. The molecule has 4 aromatic rings. The van der Waals surface area contributed by atoms with Gasteiger partial charge in [-0.15, -0.1) is 0 Å². The van der Waals surface area contributed by atoms with E-state index in [-0.39, 0.29) is 4.90 Å². The van der Waals surface area contributed by atoms with Crippen molar-refractivity contribution in [1.29, 1.82) is 0 Å².